The highest BCUT2D eigenvalue weighted by Crippen LogP contribution is 2.28. The number of carbonyl (C=O) groups excluding carboxylic acids is 1. The minimum Gasteiger partial charge on any atom is -0.349 e. The van der Waals surface area contributed by atoms with Gasteiger partial charge in [-0.05, 0) is 31.9 Å². The van der Waals surface area contributed by atoms with Crippen molar-refractivity contribution in [3.05, 3.63) is 52.8 Å². The van der Waals surface area contributed by atoms with Crippen LogP contribution in [0.2, 0.25) is 0 Å². The molecular weight excluding hydrogens is 300 g/mol. The average Bonchev–Trinajstić information content (AvgIpc) is 3.14. The Hall–Kier alpha value is -2.14. The Morgan fingerprint density at radius 3 is 2.62 bits per heavy atom. The number of nitrogens with zero attached hydrogens (tertiary/aromatic N) is 2. The maximum atomic E-state index is 12.8. The molecular formula is C19H26N4O. The van der Waals surface area contributed by atoms with Crippen LogP contribution >= 0.6 is 0 Å². The Kier molecular flexibility index (Phi) is 4.71. The van der Waals surface area contributed by atoms with Gasteiger partial charge in [-0.25, -0.2) is 0 Å². The summed E-state index contributed by atoms with van der Waals surface area (Å²) in [6.07, 6.45) is 3.87. The van der Waals surface area contributed by atoms with E-state index < -0.39 is 0 Å². The van der Waals surface area contributed by atoms with Crippen molar-refractivity contribution < 1.29 is 4.79 Å². The monoisotopic (exact) mass is 326 g/mol. The van der Waals surface area contributed by atoms with Crippen molar-refractivity contribution in [2.45, 2.75) is 32.7 Å². The van der Waals surface area contributed by atoms with Gasteiger partial charge in [0, 0.05) is 32.3 Å². The van der Waals surface area contributed by atoms with Crippen molar-refractivity contribution in [1.29, 1.82) is 0 Å². The summed E-state index contributed by atoms with van der Waals surface area (Å²) in [7, 11) is 1.91. The zero-order valence-corrected chi connectivity index (χ0v) is 14.8. The smallest absolute Gasteiger partial charge is 0.225 e. The van der Waals surface area contributed by atoms with Crippen molar-refractivity contribution in [3.8, 4) is 0 Å². The third-order valence-electron chi connectivity index (χ3n) is 4.81. The van der Waals surface area contributed by atoms with E-state index in [-0.39, 0.29) is 23.8 Å². The van der Waals surface area contributed by atoms with Gasteiger partial charge in [-0.3, -0.25) is 9.48 Å². The van der Waals surface area contributed by atoms with Crippen LogP contribution in [-0.2, 0) is 11.8 Å². The molecule has 0 bridgehead atoms. The van der Waals surface area contributed by atoms with Crippen molar-refractivity contribution in [2.75, 3.05) is 13.1 Å². The summed E-state index contributed by atoms with van der Waals surface area (Å²) >= 11 is 0. The Morgan fingerprint density at radius 1 is 1.29 bits per heavy atom. The fourth-order valence-electron chi connectivity index (χ4n) is 3.60. The summed E-state index contributed by atoms with van der Waals surface area (Å²) in [4.78, 5) is 12.8. The van der Waals surface area contributed by atoms with Gasteiger partial charge in [0.05, 0.1) is 18.2 Å². The Balaban J connectivity index is 1.71. The second kappa shape index (κ2) is 6.77. The summed E-state index contributed by atoms with van der Waals surface area (Å²) < 4.78 is 1.79. The number of hydrogen-bond donors (Lipinski definition) is 2. The summed E-state index contributed by atoms with van der Waals surface area (Å²) in [6.45, 7) is 7.76. The van der Waals surface area contributed by atoms with Crippen molar-refractivity contribution in [2.24, 2.45) is 13.0 Å². The van der Waals surface area contributed by atoms with E-state index in [0.29, 0.717) is 6.54 Å². The normalized spacial score (nSPS) is 21.7. The number of aromatic nitrogens is 2. The molecule has 5 nitrogen and oxygen atoms in total. The van der Waals surface area contributed by atoms with Crippen LogP contribution in [0, 0.1) is 19.8 Å². The first-order valence-corrected chi connectivity index (χ1v) is 8.52. The highest BCUT2D eigenvalue weighted by Gasteiger charge is 2.35. The van der Waals surface area contributed by atoms with E-state index in [4.69, 9.17) is 0 Å². The summed E-state index contributed by atoms with van der Waals surface area (Å²) in [5.74, 6) is 0.244. The van der Waals surface area contributed by atoms with Gasteiger partial charge in [0.1, 0.15) is 0 Å². The molecule has 1 aliphatic rings. The van der Waals surface area contributed by atoms with E-state index >= 15 is 0 Å². The van der Waals surface area contributed by atoms with Crippen LogP contribution in [0.25, 0.3) is 0 Å². The third-order valence-corrected chi connectivity index (χ3v) is 4.81. The molecule has 1 aliphatic heterocycles. The number of hydrogen-bond acceptors (Lipinski definition) is 3. The fraction of sp³-hybridized carbons (Fsp3) is 0.474. The minimum absolute atomic E-state index is 0.00579. The maximum Gasteiger partial charge on any atom is 0.225 e. The molecule has 1 amide bonds. The lowest BCUT2D eigenvalue weighted by molar-refractivity contribution is -0.125. The molecule has 0 spiro atoms. The molecule has 1 saturated heterocycles. The zero-order valence-electron chi connectivity index (χ0n) is 14.8. The number of rotatable bonds is 4. The van der Waals surface area contributed by atoms with Crippen LogP contribution in [0.4, 0.5) is 0 Å². The number of nitrogens with one attached hydrogen (secondary N) is 2. The van der Waals surface area contributed by atoms with E-state index in [9.17, 15) is 4.79 Å². The summed E-state index contributed by atoms with van der Waals surface area (Å²) in [5.41, 5.74) is 4.73. The van der Waals surface area contributed by atoms with Gasteiger partial charge in [0.2, 0.25) is 5.91 Å². The van der Waals surface area contributed by atoms with Gasteiger partial charge < -0.3 is 10.6 Å². The molecule has 24 heavy (non-hydrogen) atoms. The number of aryl methyl sites for hydroxylation is 3. The second-order valence-electron chi connectivity index (χ2n) is 6.97. The van der Waals surface area contributed by atoms with E-state index in [1.807, 2.05) is 26.4 Å². The number of amides is 1. The molecule has 0 saturated carbocycles. The third kappa shape index (κ3) is 3.51. The first-order valence-electron chi connectivity index (χ1n) is 8.52. The molecule has 5 heteroatoms. The molecule has 0 radical (unpaired) electrons. The van der Waals surface area contributed by atoms with E-state index in [2.05, 4.69) is 47.8 Å². The predicted octanol–water partition coefficient (Wildman–Crippen LogP) is 2.22. The molecule has 3 atom stereocenters. The van der Waals surface area contributed by atoms with Gasteiger partial charge in [0.25, 0.3) is 0 Å². The number of benzene rings is 1. The molecule has 1 unspecified atom stereocenters. The molecule has 1 fully saturated rings. The van der Waals surface area contributed by atoms with E-state index in [1.54, 1.807) is 4.68 Å². The van der Waals surface area contributed by atoms with E-state index in [1.165, 1.54) is 11.1 Å². The van der Waals surface area contributed by atoms with Crippen LogP contribution in [0.1, 0.15) is 41.1 Å². The molecule has 2 aromatic rings. The lowest BCUT2D eigenvalue weighted by atomic mass is 9.90. The minimum atomic E-state index is -0.0532. The lowest BCUT2D eigenvalue weighted by Crippen LogP contribution is -2.36. The van der Waals surface area contributed by atoms with Gasteiger partial charge in [0.15, 0.2) is 0 Å². The van der Waals surface area contributed by atoms with E-state index in [0.717, 1.165) is 17.7 Å². The van der Waals surface area contributed by atoms with Gasteiger partial charge >= 0.3 is 0 Å². The van der Waals surface area contributed by atoms with Crippen LogP contribution < -0.4 is 10.6 Å². The van der Waals surface area contributed by atoms with Crippen molar-refractivity contribution >= 4 is 5.91 Å². The second-order valence-corrected chi connectivity index (χ2v) is 6.97. The maximum absolute atomic E-state index is 12.8. The fourth-order valence-corrected chi connectivity index (χ4v) is 3.60. The SMILES string of the molecule is Cc1cc(C)cc(C(C)NC(=O)[C@H]2CNC[C@@H]2c2cnn(C)c2)c1. The van der Waals surface area contributed by atoms with Gasteiger partial charge in [-0.1, -0.05) is 29.3 Å². The van der Waals surface area contributed by atoms with Gasteiger partial charge in [-0.2, -0.15) is 5.10 Å². The largest absolute Gasteiger partial charge is 0.349 e. The van der Waals surface area contributed by atoms with Crippen LogP contribution in [0.5, 0.6) is 0 Å². The highest BCUT2D eigenvalue weighted by atomic mass is 16.2. The molecule has 0 aliphatic carbocycles. The topological polar surface area (TPSA) is 59.0 Å². The zero-order chi connectivity index (χ0) is 17.3. The van der Waals surface area contributed by atoms with Crippen LogP contribution in [-0.4, -0.2) is 28.8 Å². The van der Waals surface area contributed by atoms with Crippen molar-refractivity contribution in [3.63, 3.8) is 0 Å². The van der Waals surface area contributed by atoms with Crippen LogP contribution in [0.15, 0.2) is 30.6 Å². The van der Waals surface area contributed by atoms with Gasteiger partial charge in [-0.15, -0.1) is 0 Å². The molecule has 128 valence electrons. The summed E-state index contributed by atoms with van der Waals surface area (Å²) in [5, 5.41) is 10.8. The first kappa shape index (κ1) is 16.7. The predicted molar refractivity (Wildman–Crippen MR) is 94.8 cm³/mol. The molecule has 3 rings (SSSR count). The molecule has 1 aromatic carbocycles. The quantitative estimate of drug-likeness (QED) is 0.906. The lowest BCUT2D eigenvalue weighted by Gasteiger charge is -2.21. The summed E-state index contributed by atoms with van der Waals surface area (Å²) in [6, 6.07) is 6.44. The van der Waals surface area contributed by atoms with Crippen molar-refractivity contribution in [1.82, 2.24) is 20.4 Å². The first-order chi connectivity index (χ1) is 11.4. The standard InChI is InChI=1S/C19H26N4O/c1-12-5-13(2)7-15(6-12)14(3)22-19(24)18-10-20-9-17(18)16-8-21-23(4)11-16/h5-8,11,14,17-18,20H,9-10H2,1-4H3,(H,22,24)/t14?,17-,18+/m1/s1. The molecule has 2 N–H and O–H groups in total. The molecule has 2 heterocycles. The average molecular weight is 326 g/mol. The molecule has 1 aromatic heterocycles. The Bertz CT molecular complexity index is 716. The Morgan fingerprint density at radius 2 is 2.00 bits per heavy atom. The Labute approximate surface area is 143 Å². The van der Waals surface area contributed by atoms with Crippen LogP contribution in [0.3, 0.4) is 0 Å². The highest BCUT2D eigenvalue weighted by molar-refractivity contribution is 5.81. The number of carbonyl (C=O) groups is 1.